The number of H-pyrrole nitrogens is 1. The number of nitrogens with one attached hydrogen (secondary N) is 2. The van der Waals surface area contributed by atoms with Gasteiger partial charge in [-0.15, -0.1) is 0 Å². The van der Waals surface area contributed by atoms with E-state index in [1.165, 1.54) is 93.2 Å². The molecule has 0 bridgehead atoms. The molecule has 6 fully saturated rings. The third-order valence-electron chi connectivity index (χ3n) is 19.8. The second kappa shape index (κ2) is 28.4. The molecular weight excluding hydrogens is 1000 g/mol. The van der Waals surface area contributed by atoms with Gasteiger partial charge < -0.3 is 20.0 Å². The molecule has 80 heavy (non-hydrogen) atoms. The summed E-state index contributed by atoms with van der Waals surface area (Å²) >= 11 is 0. The number of carbonyl (C=O) groups excluding carboxylic acids is 2. The minimum absolute atomic E-state index is 0.0862. The van der Waals surface area contributed by atoms with Gasteiger partial charge in [0, 0.05) is 53.7 Å². The molecule has 1 aromatic heterocycles. The summed E-state index contributed by atoms with van der Waals surface area (Å²) in [5.74, 6) is -0.925. The molecule has 1 aliphatic heterocycles. The molecule has 4 aromatic rings. The van der Waals surface area contributed by atoms with Crippen LogP contribution in [0.3, 0.4) is 0 Å². The number of carbonyl (C=O) groups is 2. The number of amides is 1. The summed E-state index contributed by atoms with van der Waals surface area (Å²) in [5.41, 5.74) is 9.55. The van der Waals surface area contributed by atoms with Crippen LogP contribution in [-0.4, -0.2) is 40.2 Å². The lowest BCUT2D eigenvalue weighted by Crippen LogP contribution is -2.39. The third kappa shape index (κ3) is 13.6. The van der Waals surface area contributed by atoms with E-state index in [0.717, 1.165) is 92.1 Å². The molecule has 2 heterocycles. The summed E-state index contributed by atoms with van der Waals surface area (Å²) in [6, 6.07) is 12.9. The first-order valence-corrected chi connectivity index (χ1v) is 32.0. The number of nitrogens with zero attached hydrogens (tertiary/aromatic N) is 1. The number of aromatic nitrogens is 1. The first kappa shape index (κ1) is 61.2. The van der Waals surface area contributed by atoms with E-state index in [2.05, 4.69) is 53.3 Å². The van der Waals surface area contributed by atoms with Gasteiger partial charge in [0.2, 0.25) is 5.91 Å². The van der Waals surface area contributed by atoms with Crippen LogP contribution < -0.4 is 5.32 Å². The second-order valence-corrected chi connectivity index (χ2v) is 24.6. The van der Waals surface area contributed by atoms with Crippen LogP contribution in [0.25, 0.3) is 17.0 Å². The van der Waals surface area contributed by atoms with E-state index < -0.39 is 23.5 Å². The Labute approximate surface area is 478 Å². The molecule has 1 amide bonds. The maximum atomic E-state index is 16.9. The van der Waals surface area contributed by atoms with Gasteiger partial charge in [-0.2, -0.15) is 0 Å². The van der Waals surface area contributed by atoms with Crippen LogP contribution in [0.5, 0.6) is 0 Å². The van der Waals surface area contributed by atoms with Gasteiger partial charge in [0.25, 0.3) is 0 Å². The quantitative estimate of drug-likeness (QED) is 0.0977. The third-order valence-corrected chi connectivity index (χ3v) is 19.8. The minimum Gasteiger partial charge on any atom is -0.368 e. The van der Waals surface area contributed by atoms with E-state index in [1.807, 2.05) is 46.8 Å². The van der Waals surface area contributed by atoms with Crippen molar-refractivity contribution in [2.75, 3.05) is 6.54 Å². The van der Waals surface area contributed by atoms with Crippen molar-refractivity contribution in [1.29, 1.82) is 0 Å². The lowest BCUT2D eigenvalue weighted by atomic mass is 9.75. The fraction of sp³-hybridized carbons (Fsp3) is 0.606. The summed E-state index contributed by atoms with van der Waals surface area (Å²) < 4.78 is 66.2. The van der Waals surface area contributed by atoms with E-state index in [-0.39, 0.29) is 58.7 Å². The molecule has 11 rings (SSSR count). The zero-order valence-electron chi connectivity index (χ0n) is 50.3. The molecule has 2 N–H and O–H groups in total. The maximum absolute atomic E-state index is 16.9. The molecular formula is C71H97F4N3O2. The topological polar surface area (TPSA) is 65.2 Å². The van der Waals surface area contributed by atoms with Gasteiger partial charge in [-0.05, 0) is 228 Å². The normalized spacial score (nSPS) is 23.7. The van der Waals surface area contributed by atoms with Crippen LogP contribution in [-0.2, 0) is 16.0 Å². The Morgan fingerprint density at radius 2 is 1.21 bits per heavy atom. The van der Waals surface area contributed by atoms with Crippen LogP contribution >= 0.6 is 0 Å². The molecule has 436 valence electrons. The molecule has 1 unspecified atom stereocenters. The van der Waals surface area contributed by atoms with Crippen molar-refractivity contribution in [3.63, 3.8) is 0 Å². The minimum atomic E-state index is -0.527. The molecule has 5 saturated carbocycles. The SMILES string of the molecule is C/C=C(/[C@@H](CC(C)=O)C1CCCC1)N1CCC[C@H]1C1=Cc2cc([C@H]3CC[C@H](c4cc5cc(C6CCCC6)[nH]c5cc4F)C3c3cc(F)c(C4CCCCC4)c(F)c3)c(F)cc2C1.C/C=C(\C)[C@@H](NC(C)=O)C1CCCC1.CC.CC. The highest BCUT2D eigenvalue weighted by molar-refractivity contribution is 5.82. The summed E-state index contributed by atoms with van der Waals surface area (Å²) in [6.07, 6.45) is 30.3. The number of allylic oxidation sites excluding steroid dienone is 3. The summed E-state index contributed by atoms with van der Waals surface area (Å²) in [7, 11) is 0. The van der Waals surface area contributed by atoms with E-state index in [9.17, 15) is 9.59 Å². The molecule has 7 aliphatic rings. The van der Waals surface area contributed by atoms with Crippen molar-refractivity contribution in [2.45, 2.75) is 252 Å². The molecule has 6 atom stereocenters. The van der Waals surface area contributed by atoms with Crippen molar-refractivity contribution in [3.05, 3.63) is 134 Å². The predicted molar refractivity (Wildman–Crippen MR) is 323 cm³/mol. The van der Waals surface area contributed by atoms with Crippen molar-refractivity contribution < 1.29 is 27.2 Å². The zero-order chi connectivity index (χ0) is 57.2. The van der Waals surface area contributed by atoms with Gasteiger partial charge in [0.15, 0.2) is 0 Å². The monoisotopic (exact) mass is 1100 g/mol. The Kier molecular flexibility index (Phi) is 21.7. The van der Waals surface area contributed by atoms with Crippen LogP contribution in [0.2, 0.25) is 0 Å². The molecule has 0 radical (unpaired) electrons. The van der Waals surface area contributed by atoms with Crippen LogP contribution in [0.15, 0.2) is 71.5 Å². The van der Waals surface area contributed by atoms with Gasteiger partial charge in [0.1, 0.15) is 29.1 Å². The Balaban J connectivity index is 0.000000404. The Morgan fingerprint density at radius 1 is 0.637 bits per heavy atom. The maximum Gasteiger partial charge on any atom is 0.217 e. The van der Waals surface area contributed by atoms with E-state index in [1.54, 1.807) is 26.0 Å². The summed E-state index contributed by atoms with van der Waals surface area (Å²) in [5, 5.41) is 4.02. The van der Waals surface area contributed by atoms with E-state index in [4.69, 9.17) is 0 Å². The standard InChI is InChI=1S/C55H64F4N2O.C12H21NO.2C2H6/c1-3-52(43(22-32(2)62)33-12-7-8-13-33)61-21-11-18-53(61)39-23-36-25-44(46(56)27-37(36)24-39)41-19-20-42(45-26-38-30-50(34-14-9-10-15-34)60-51(38)31-47(45)57)54(41)40-28-48(58)55(49(59)29-40)35-16-5-4-6-17-35;1-4-9(2)12(13-10(3)14)11-7-5-6-8-11;2*1-2/h3,23,25-31,33-35,41-43,53-54,60H,4-22,24H2,1-2H3;4,11-12H,5-8H2,1-3H3,(H,13,14);2*1-2H3/b52-3-;9-4+;;/t41-,42-,43+,53+,54?;12-;;/m11../s1. The van der Waals surface area contributed by atoms with Crippen molar-refractivity contribution in [2.24, 2.45) is 17.8 Å². The number of hydrogen-bond acceptors (Lipinski definition) is 3. The fourth-order valence-corrected chi connectivity index (χ4v) is 16.1. The average Bonchev–Trinajstić information content (AvgIpc) is 4.32. The molecule has 6 aliphatic carbocycles. The number of Topliss-reactive ketones (excluding diaryl/α,β-unsaturated/α-hetero) is 1. The molecule has 9 heteroatoms. The van der Waals surface area contributed by atoms with Crippen LogP contribution in [0.1, 0.15) is 272 Å². The van der Waals surface area contributed by atoms with Gasteiger partial charge in [-0.3, -0.25) is 4.79 Å². The Hall–Kier alpha value is -4.92. The second-order valence-electron chi connectivity index (χ2n) is 24.6. The van der Waals surface area contributed by atoms with Crippen molar-refractivity contribution in [3.8, 4) is 0 Å². The number of halogens is 4. The molecule has 5 nitrogen and oxygen atoms in total. The smallest absolute Gasteiger partial charge is 0.217 e. The lowest BCUT2D eigenvalue weighted by Gasteiger charge is -2.37. The highest BCUT2D eigenvalue weighted by atomic mass is 19.1. The van der Waals surface area contributed by atoms with Crippen molar-refractivity contribution in [1.82, 2.24) is 15.2 Å². The number of fused-ring (bicyclic) bond motifs is 2. The highest BCUT2D eigenvalue weighted by Gasteiger charge is 2.44. The van der Waals surface area contributed by atoms with Crippen LogP contribution in [0.4, 0.5) is 17.6 Å². The average molecular weight is 1100 g/mol. The Morgan fingerprint density at radius 3 is 1.81 bits per heavy atom. The molecule has 0 spiro atoms. The van der Waals surface area contributed by atoms with E-state index >= 15 is 17.6 Å². The predicted octanol–water partition coefficient (Wildman–Crippen LogP) is 19.7. The van der Waals surface area contributed by atoms with Gasteiger partial charge in [0.05, 0.1) is 12.1 Å². The highest BCUT2D eigenvalue weighted by Crippen LogP contribution is 2.57. The van der Waals surface area contributed by atoms with Gasteiger partial charge in [-0.1, -0.05) is 109 Å². The largest absolute Gasteiger partial charge is 0.368 e. The molecule has 3 aromatic carbocycles. The number of rotatable bonds is 14. The van der Waals surface area contributed by atoms with Crippen LogP contribution in [0, 0.1) is 41.0 Å². The summed E-state index contributed by atoms with van der Waals surface area (Å²) in [6.45, 7) is 18.5. The molecule has 1 saturated heterocycles. The van der Waals surface area contributed by atoms with Crippen molar-refractivity contribution >= 4 is 28.7 Å². The van der Waals surface area contributed by atoms with Gasteiger partial charge >= 0.3 is 0 Å². The number of aromatic amines is 1. The zero-order valence-corrected chi connectivity index (χ0v) is 50.3. The Bertz CT molecular complexity index is 2810. The number of hydrogen-bond donors (Lipinski definition) is 2. The first-order chi connectivity index (χ1) is 38.8. The first-order valence-electron chi connectivity index (χ1n) is 32.0. The van der Waals surface area contributed by atoms with Gasteiger partial charge in [-0.25, -0.2) is 17.6 Å². The lowest BCUT2D eigenvalue weighted by molar-refractivity contribution is -0.120. The van der Waals surface area contributed by atoms with E-state index in [0.29, 0.717) is 60.1 Å². The summed E-state index contributed by atoms with van der Waals surface area (Å²) in [4.78, 5) is 29.8. The number of benzene rings is 3. The number of likely N-dealkylation sites (tertiary alicyclic amines) is 1. The fourth-order valence-electron chi connectivity index (χ4n) is 16.1. The number of ketones is 1.